The van der Waals surface area contributed by atoms with Crippen molar-refractivity contribution < 1.29 is 9.53 Å². The molecule has 2 aromatic carbocycles. The van der Waals surface area contributed by atoms with Crippen LogP contribution in [0.1, 0.15) is 18.1 Å². The molecule has 0 aliphatic carbocycles. The van der Waals surface area contributed by atoms with Gasteiger partial charge in [0.2, 0.25) is 5.91 Å². The Morgan fingerprint density at radius 3 is 2.54 bits per heavy atom. The molecule has 1 atom stereocenters. The first-order valence-corrected chi connectivity index (χ1v) is 9.71. The molecule has 1 aliphatic heterocycles. The maximum Gasteiger partial charge on any atom is 0.239 e. The highest BCUT2D eigenvalue weighted by molar-refractivity contribution is 9.10. The van der Waals surface area contributed by atoms with Crippen LogP contribution in [-0.4, -0.2) is 29.1 Å². The zero-order valence-corrected chi connectivity index (χ0v) is 16.8. The molecule has 0 bridgehead atoms. The Labute approximate surface area is 165 Å². The first-order valence-electron chi connectivity index (χ1n) is 8.04. The van der Waals surface area contributed by atoms with Crippen molar-refractivity contribution in [2.45, 2.75) is 18.6 Å². The van der Waals surface area contributed by atoms with E-state index in [2.05, 4.69) is 31.4 Å². The van der Waals surface area contributed by atoms with Gasteiger partial charge in [0.15, 0.2) is 5.17 Å². The standard InChI is InChI=1S/C19H18BrN3O2S/c1-12(14-5-9-16(25-2)10-6-14)22-23-19-21-18(24)17(26-19)11-13-3-7-15(20)8-4-13/h3-10,17H,11H2,1-2H3,(H,21,23,24)/b22-12+/t17-/m1/s1. The number of ether oxygens (including phenoxy) is 1. The summed E-state index contributed by atoms with van der Waals surface area (Å²) < 4.78 is 6.17. The molecule has 5 nitrogen and oxygen atoms in total. The molecule has 0 spiro atoms. The van der Waals surface area contributed by atoms with Gasteiger partial charge in [0.05, 0.1) is 18.1 Å². The van der Waals surface area contributed by atoms with Crippen LogP contribution in [0.2, 0.25) is 0 Å². The highest BCUT2D eigenvalue weighted by Crippen LogP contribution is 2.24. The van der Waals surface area contributed by atoms with Crippen molar-refractivity contribution in [3.8, 4) is 5.75 Å². The predicted octanol–water partition coefficient (Wildman–Crippen LogP) is 4.01. The van der Waals surface area contributed by atoms with Gasteiger partial charge in [0.25, 0.3) is 0 Å². The smallest absolute Gasteiger partial charge is 0.239 e. The third-order valence-electron chi connectivity index (χ3n) is 3.91. The van der Waals surface area contributed by atoms with Gasteiger partial charge in [-0.1, -0.05) is 39.8 Å². The molecular weight excluding hydrogens is 414 g/mol. The van der Waals surface area contributed by atoms with Crippen molar-refractivity contribution in [3.05, 3.63) is 64.1 Å². The van der Waals surface area contributed by atoms with E-state index < -0.39 is 0 Å². The van der Waals surface area contributed by atoms with E-state index >= 15 is 0 Å². The lowest BCUT2D eigenvalue weighted by molar-refractivity contribution is -0.118. The maximum absolute atomic E-state index is 12.2. The molecule has 1 heterocycles. The van der Waals surface area contributed by atoms with Gasteiger partial charge in [0.1, 0.15) is 5.75 Å². The summed E-state index contributed by atoms with van der Waals surface area (Å²) in [6.07, 6.45) is 0.657. The highest BCUT2D eigenvalue weighted by atomic mass is 79.9. The molecule has 0 unspecified atom stereocenters. The highest BCUT2D eigenvalue weighted by Gasteiger charge is 2.30. The normalized spacial score (nSPS) is 18.9. The maximum atomic E-state index is 12.2. The van der Waals surface area contributed by atoms with E-state index in [1.807, 2.05) is 55.5 Å². The predicted molar refractivity (Wildman–Crippen MR) is 110 cm³/mol. The number of nitrogens with zero attached hydrogens (tertiary/aromatic N) is 2. The van der Waals surface area contributed by atoms with E-state index in [0.29, 0.717) is 11.6 Å². The van der Waals surface area contributed by atoms with Crippen LogP contribution in [0.15, 0.2) is 63.2 Å². The number of amides is 1. The van der Waals surface area contributed by atoms with E-state index in [9.17, 15) is 4.79 Å². The minimum atomic E-state index is -0.189. The lowest BCUT2D eigenvalue weighted by Gasteiger charge is -2.05. The van der Waals surface area contributed by atoms with Gasteiger partial charge in [-0.3, -0.25) is 4.79 Å². The lowest BCUT2D eigenvalue weighted by Crippen LogP contribution is -2.25. The van der Waals surface area contributed by atoms with Crippen LogP contribution in [0.4, 0.5) is 0 Å². The Morgan fingerprint density at radius 2 is 1.88 bits per heavy atom. The number of amidine groups is 1. The average molecular weight is 432 g/mol. The number of hydrogen-bond donors (Lipinski definition) is 1. The Morgan fingerprint density at radius 1 is 1.19 bits per heavy atom. The van der Waals surface area contributed by atoms with Crippen LogP contribution in [0.25, 0.3) is 0 Å². The van der Waals surface area contributed by atoms with Crippen LogP contribution < -0.4 is 10.1 Å². The van der Waals surface area contributed by atoms with E-state index in [4.69, 9.17) is 4.74 Å². The van der Waals surface area contributed by atoms with Gasteiger partial charge in [-0.15, -0.1) is 5.10 Å². The second kappa shape index (κ2) is 8.51. The molecule has 3 rings (SSSR count). The summed E-state index contributed by atoms with van der Waals surface area (Å²) in [5, 5.41) is 11.6. The Bertz CT molecular complexity index is 848. The molecule has 26 heavy (non-hydrogen) atoms. The van der Waals surface area contributed by atoms with E-state index in [0.717, 1.165) is 27.1 Å². The van der Waals surface area contributed by atoms with Gasteiger partial charge in [0, 0.05) is 4.47 Å². The summed E-state index contributed by atoms with van der Waals surface area (Å²) in [5.74, 6) is 0.760. The lowest BCUT2D eigenvalue weighted by atomic mass is 10.1. The fourth-order valence-electron chi connectivity index (χ4n) is 2.43. The first-order chi connectivity index (χ1) is 12.5. The van der Waals surface area contributed by atoms with E-state index in [1.54, 1.807) is 7.11 Å². The molecule has 2 aromatic rings. The summed E-state index contributed by atoms with van der Waals surface area (Å²) in [4.78, 5) is 12.2. The summed E-state index contributed by atoms with van der Waals surface area (Å²) in [6, 6.07) is 15.6. The van der Waals surface area contributed by atoms with Crippen molar-refractivity contribution in [1.82, 2.24) is 5.32 Å². The number of halogens is 1. The largest absolute Gasteiger partial charge is 0.497 e. The minimum absolute atomic E-state index is 0.0334. The number of carbonyl (C=O) groups is 1. The van der Waals surface area contributed by atoms with Crippen molar-refractivity contribution >= 4 is 44.5 Å². The molecule has 0 saturated carbocycles. The number of carbonyl (C=O) groups excluding carboxylic acids is 1. The van der Waals surface area contributed by atoms with Gasteiger partial charge in [-0.2, -0.15) is 5.10 Å². The van der Waals surface area contributed by atoms with Crippen molar-refractivity contribution in [3.63, 3.8) is 0 Å². The Kier molecular flexibility index (Phi) is 6.11. The van der Waals surface area contributed by atoms with Crippen molar-refractivity contribution in [2.24, 2.45) is 10.2 Å². The fourth-order valence-corrected chi connectivity index (χ4v) is 3.65. The number of rotatable bonds is 5. The molecule has 1 saturated heterocycles. The Balaban J connectivity index is 1.65. The van der Waals surface area contributed by atoms with Crippen molar-refractivity contribution in [1.29, 1.82) is 0 Å². The summed E-state index contributed by atoms with van der Waals surface area (Å²) in [6.45, 7) is 1.88. The van der Waals surface area contributed by atoms with Crippen LogP contribution >= 0.6 is 27.7 Å². The number of thioether (sulfide) groups is 1. The van der Waals surface area contributed by atoms with Gasteiger partial charge in [-0.25, -0.2) is 0 Å². The van der Waals surface area contributed by atoms with Crippen LogP contribution in [0.3, 0.4) is 0 Å². The third kappa shape index (κ3) is 4.74. The topological polar surface area (TPSA) is 63.1 Å². The SMILES string of the molecule is COc1ccc(/C(C)=N/N=C2/NC(=O)[C@@H](Cc3ccc(Br)cc3)S2)cc1. The quantitative estimate of drug-likeness (QED) is 0.574. The molecule has 134 valence electrons. The molecule has 0 aromatic heterocycles. The minimum Gasteiger partial charge on any atom is -0.497 e. The number of benzene rings is 2. The summed E-state index contributed by atoms with van der Waals surface area (Å²) in [5.41, 5.74) is 2.84. The molecule has 0 radical (unpaired) electrons. The molecule has 1 N–H and O–H groups in total. The summed E-state index contributed by atoms with van der Waals surface area (Å²) in [7, 11) is 1.63. The van der Waals surface area contributed by atoms with Gasteiger partial charge >= 0.3 is 0 Å². The first kappa shape index (κ1) is 18.7. The molecule has 7 heteroatoms. The zero-order valence-electron chi connectivity index (χ0n) is 14.4. The third-order valence-corrected chi connectivity index (χ3v) is 5.51. The second-order valence-electron chi connectivity index (χ2n) is 5.75. The van der Waals surface area contributed by atoms with E-state index in [1.165, 1.54) is 11.8 Å². The van der Waals surface area contributed by atoms with Crippen LogP contribution in [0, 0.1) is 0 Å². The average Bonchev–Trinajstić information content (AvgIpc) is 3.01. The van der Waals surface area contributed by atoms with Gasteiger partial charge < -0.3 is 10.1 Å². The number of methoxy groups -OCH3 is 1. The number of nitrogens with one attached hydrogen (secondary N) is 1. The zero-order chi connectivity index (χ0) is 18.5. The fraction of sp³-hybridized carbons (Fsp3) is 0.211. The second-order valence-corrected chi connectivity index (χ2v) is 7.85. The van der Waals surface area contributed by atoms with Crippen LogP contribution in [0.5, 0.6) is 5.75 Å². The van der Waals surface area contributed by atoms with Crippen LogP contribution in [-0.2, 0) is 11.2 Å². The number of hydrogen-bond acceptors (Lipinski definition) is 5. The molecule has 1 fully saturated rings. The molecule has 1 aliphatic rings. The summed E-state index contributed by atoms with van der Waals surface area (Å²) >= 11 is 4.83. The van der Waals surface area contributed by atoms with Crippen molar-refractivity contribution in [2.75, 3.05) is 7.11 Å². The molecule has 1 amide bonds. The monoisotopic (exact) mass is 431 g/mol. The van der Waals surface area contributed by atoms with E-state index in [-0.39, 0.29) is 11.2 Å². The molecular formula is C19H18BrN3O2S. The van der Waals surface area contributed by atoms with Gasteiger partial charge in [-0.05, 0) is 60.9 Å². The Hall–Kier alpha value is -2.12.